The maximum Gasteiger partial charge on any atom is 0.240 e. The zero-order valence-corrected chi connectivity index (χ0v) is 13.1. The molecule has 2 fully saturated rings. The van der Waals surface area contributed by atoms with E-state index in [1.807, 2.05) is 11.8 Å². The van der Waals surface area contributed by atoms with Crippen molar-refractivity contribution in [3.63, 3.8) is 0 Å². The van der Waals surface area contributed by atoms with Gasteiger partial charge in [-0.1, -0.05) is 19.3 Å². The van der Waals surface area contributed by atoms with E-state index < -0.39 is 5.41 Å². The molecule has 5 heteroatoms. The third-order valence-electron chi connectivity index (χ3n) is 4.76. The molecule has 0 bridgehead atoms. The summed E-state index contributed by atoms with van der Waals surface area (Å²) in [6, 6.07) is 2.24. The van der Waals surface area contributed by atoms with Crippen molar-refractivity contribution in [1.29, 1.82) is 5.26 Å². The number of amides is 1. The molecule has 0 aromatic rings. The molecule has 20 heavy (non-hydrogen) atoms. The van der Waals surface area contributed by atoms with Crippen LogP contribution < -0.4 is 5.32 Å². The minimum Gasteiger partial charge on any atom is -0.381 e. The molecule has 2 aliphatic rings. The van der Waals surface area contributed by atoms with Crippen molar-refractivity contribution < 1.29 is 9.53 Å². The number of rotatable bonds is 4. The van der Waals surface area contributed by atoms with Crippen LogP contribution in [0.4, 0.5) is 0 Å². The molecule has 4 nitrogen and oxygen atoms in total. The fourth-order valence-corrected chi connectivity index (χ4v) is 4.08. The molecule has 0 spiro atoms. The maximum absolute atomic E-state index is 12.5. The van der Waals surface area contributed by atoms with Crippen LogP contribution in [0.2, 0.25) is 0 Å². The molecule has 0 radical (unpaired) electrons. The first-order chi connectivity index (χ1) is 9.66. The lowest BCUT2D eigenvalue weighted by molar-refractivity contribution is -0.132. The highest BCUT2D eigenvalue weighted by atomic mass is 32.2. The normalized spacial score (nSPS) is 24.6. The first-order valence-electron chi connectivity index (χ1n) is 7.49. The van der Waals surface area contributed by atoms with Gasteiger partial charge in [0.2, 0.25) is 5.91 Å². The van der Waals surface area contributed by atoms with E-state index in [0.29, 0.717) is 32.6 Å². The number of nitrogens with one attached hydrogen (secondary N) is 1. The molecule has 1 N–H and O–H groups in total. The fourth-order valence-electron chi connectivity index (χ4n) is 3.17. The average Bonchev–Trinajstić information content (AvgIpc) is 2.54. The van der Waals surface area contributed by atoms with Gasteiger partial charge in [0.05, 0.1) is 6.07 Å². The standard InChI is InChI=1S/C15H24N2O2S/c1-20-15(5-3-2-4-6-15)12-17-13(18)14(11-16)7-9-19-10-8-14/h2-10,12H2,1H3,(H,17,18). The lowest BCUT2D eigenvalue weighted by Crippen LogP contribution is -2.49. The van der Waals surface area contributed by atoms with Crippen molar-refractivity contribution in [2.75, 3.05) is 26.0 Å². The lowest BCUT2D eigenvalue weighted by Gasteiger charge is -2.37. The molecule has 1 saturated heterocycles. The summed E-state index contributed by atoms with van der Waals surface area (Å²) >= 11 is 1.87. The Labute approximate surface area is 125 Å². The number of hydrogen-bond donors (Lipinski definition) is 1. The topological polar surface area (TPSA) is 62.1 Å². The van der Waals surface area contributed by atoms with Crippen molar-refractivity contribution in [3.05, 3.63) is 0 Å². The van der Waals surface area contributed by atoms with Gasteiger partial charge in [-0.15, -0.1) is 0 Å². The molecule has 0 aromatic carbocycles. The molecule has 0 unspecified atom stereocenters. The minimum absolute atomic E-state index is 0.0951. The molecular weight excluding hydrogens is 272 g/mol. The molecule has 0 aromatic heterocycles. The van der Waals surface area contributed by atoms with Crippen LogP contribution in [0.5, 0.6) is 0 Å². The summed E-state index contributed by atoms with van der Waals surface area (Å²) in [5, 5.41) is 12.5. The number of thioether (sulfide) groups is 1. The Balaban J connectivity index is 1.95. The van der Waals surface area contributed by atoms with Crippen LogP contribution in [-0.4, -0.2) is 36.7 Å². The third kappa shape index (κ3) is 3.29. The van der Waals surface area contributed by atoms with Crippen LogP contribution in [0.3, 0.4) is 0 Å². The summed E-state index contributed by atoms with van der Waals surface area (Å²) in [6.45, 7) is 1.71. The zero-order valence-electron chi connectivity index (χ0n) is 12.2. The second-order valence-corrected chi connectivity index (χ2v) is 7.21. The fraction of sp³-hybridized carbons (Fsp3) is 0.867. The Hall–Kier alpha value is -0.730. The number of nitriles is 1. The predicted octanol–water partition coefficient (Wildman–Crippen LogP) is 2.49. The first-order valence-corrected chi connectivity index (χ1v) is 8.71. The summed E-state index contributed by atoms with van der Waals surface area (Å²) in [5.74, 6) is -0.0951. The molecule has 2 rings (SSSR count). The average molecular weight is 296 g/mol. The van der Waals surface area contributed by atoms with E-state index >= 15 is 0 Å². The smallest absolute Gasteiger partial charge is 0.240 e. The Kier molecular flexibility index (Phi) is 5.34. The van der Waals surface area contributed by atoms with Gasteiger partial charge in [0, 0.05) is 24.5 Å². The summed E-state index contributed by atoms with van der Waals surface area (Å²) < 4.78 is 5.45. The third-order valence-corrected chi connectivity index (χ3v) is 6.18. The van der Waals surface area contributed by atoms with Crippen LogP contribution >= 0.6 is 11.8 Å². The van der Waals surface area contributed by atoms with E-state index in [4.69, 9.17) is 4.74 Å². The molecule has 1 aliphatic heterocycles. The van der Waals surface area contributed by atoms with Gasteiger partial charge >= 0.3 is 0 Å². The molecule has 1 heterocycles. The van der Waals surface area contributed by atoms with Gasteiger partial charge in [-0.25, -0.2) is 0 Å². The first kappa shape index (κ1) is 15.7. The number of hydrogen-bond acceptors (Lipinski definition) is 4. The molecule has 1 amide bonds. The maximum atomic E-state index is 12.5. The van der Waals surface area contributed by atoms with Gasteiger partial charge in [0.1, 0.15) is 5.41 Å². The van der Waals surface area contributed by atoms with E-state index in [-0.39, 0.29) is 10.7 Å². The SMILES string of the molecule is CSC1(CNC(=O)C2(C#N)CCOCC2)CCCCC1. The quantitative estimate of drug-likeness (QED) is 0.866. The monoisotopic (exact) mass is 296 g/mol. The summed E-state index contributed by atoms with van der Waals surface area (Å²) in [7, 11) is 0. The lowest BCUT2D eigenvalue weighted by atomic mass is 9.80. The highest BCUT2D eigenvalue weighted by Gasteiger charge is 2.41. The van der Waals surface area contributed by atoms with Crippen molar-refractivity contribution in [1.82, 2.24) is 5.32 Å². The number of ether oxygens (including phenoxy) is 1. The van der Waals surface area contributed by atoms with E-state index in [0.717, 1.165) is 12.8 Å². The molecular formula is C15H24N2O2S. The zero-order chi connectivity index (χ0) is 14.5. The van der Waals surface area contributed by atoms with E-state index in [1.165, 1.54) is 19.3 Å². The van der Waals surface area contributed by atoms with Gasteiger partial charge in [-0.05, 0) is 31.9 Å². The van der Waals surface area contributed by atoms with Crippen LogP contribution in [-0.2, 0) is 9.53 Å². The molecule has 1 saturated carbocycles. The van der Waals surface area contributed by atoms with Crippen molar-refractivity contribution in [2.24, 2.45) is 5.41 Å². The van der Waals surface area contributed by atoms with Gasteiger partial charge in [-0.3, -0.25) is 4.79 Å². The Morgan fingerprint density at radius 3 is 2.45 bits per heavy atom. The molecule has 1 aliphatic carbocycles. The van der Waals surface area contributed by atoms with Crippen LogP contribution in [0.15, 0.2) is 0 Å². The van der Waals surface area contributed by atoms with Gasteiger partial charge < -0.3 is 10.1 Å². The van der Waals surface area contributed by atoms with Crippen molar-refractivity contribution in [2.45, 2.75) is 49.7 Å². The number of carbonyl (C=O) groups excluding carboxylic acids is 1. The number of nitrogens with zero attached hydrogens (tertiary/aromatic N) is 1. The van der Waals surface area contributed by atoms with Gasteiger partial charge in [-0.2, -0.15) is 17.0 Å². The van der Waals surface area contributed by atoms with Crippen LogP contribution in [0.1, 0.15) is 44.9 Å². The Bertz CT molecular complexity index is 380. The van der Waals surface area contributed by atoms with Gasteiger partial charge in [0.15, 0.2) is 0 Å². The molecule has 112 valence electrons. The largest absolute Gasteiger partial charge is 0.381 e. The highest BCUT2D eigenvalue weighted by Crippen LogP contribution is 2.38. The minimum atomic E-state index is -0.869. The number of carbonyl (C=O) groups is 1. The predicted molar refractivity (Wildman–Crippen MR) is 80.4 cm³/mol. The Morgan fingerprint density at radius 1 is 1.25 bits per heavy atom. The highest BCUT2D eigenvalue weighted by molar-refractivity contribution is 8.00. The summed E-state index contributed by atoms with van der Waals surface area (Å²) in [5.41, 5.74) is -0.869. The van der Waals surface area contributed by atoms with Crippen molar-refractivity contribution >= 4 is 17.7 Å². The summed E-state index contributed by atoms with van der Waals surface area (Å²) in [6.07, 6.45) is 9.28. The van der Waals surface area contributed by atoms with Crippen molar-refractivity contribution in [3.8, 4) is 6.07 Å². The van der Waals surface area contributed by atoms with Crippen LogP contribution in [0.25, 0.3) is 0 Å². The van der Waals surface area contributed by atoms with E-state index in [1.54, 1.807) is 0 Å². The second-order valence-electron chi connectivity index (χ2n) is 5.94. The van der Waals surface area contributed by atoms with E-state index in [2.05, 4.69) is 17.6 Å². The van der Waals surface area contributed by atoms with Gasteiger partial charge in [0.25, 0.3) is 0 Å². The Morgan fingerprint density at radius 2 is 1.90 bits per heavy atom. The second kappa shape index (κ2) is 6.82. The van der Waals surface area contributed by atoms with Crippen LogP contribution in [0, 0.1) is 16.7 Å². The summed E-state index contributed by atoms with van der Waals surface area (Å²) in [4.78, 5) is 12.5. The molecule has 0 atom stereocenters. The van der Waals surface area contributed by atoms with E-state index in [9.17, 15) is 10.1 Å².